The molecule has 0 aliphatic rings. The smallest absolute Gasteiger partial charge is 0.160 e. The van der Waals surface area contributed by atoms with Gasteiger partial charge in [-0.2, -0.15) is 0 Å². The predicted molar refractivity (Wildman–Crippen MR) is 67.0 cm³/mol. The Morgan fingerprint density at radius 1 is 1.24 bits per heavy atom. The molecule has 1 aromatic carbocycles. The van der Waals surface area contributed by atoms with Gasteiger partial charge in [0.25, 0.3) is 0 Å². The number of thiophene rings is 1. The van der Waals surface area contributed by atoms with Crippen LogP contribution in [0.3, 0.4) is 0 Å². The molecule has 2 rings (SSSR count). The molecule has 0 saturated carbocycles. The van der Waals surface area contributed by atoms with E-state index in [1.54, 1.807) is 13.2 Å². The zero-order chi connectivity index (χ0) is 12.1. The molecule has 2 aromatic rings. The number of rotatable bonds is 5. The molecule has 1 heterocycles. The van der Waals surface area contributed by atoms with Crippen molar-refractivity contribution in [3.8, 4) is 11.5 Å². The fourth-order valence-corrected chi connectivity index (χ4v) is 2.12. The number of methoxy groups -OCH3 is 1. The Hall–Kier alpha value is -1.81. The van der Waals surface area contributed by atoms with E-state index in [0.29, 0.717) is 11.5 Å². The molecular formula is C13H12O3S. The van der Waals surface area contributed by atoms with E-state index in [1.165, 1.54) is 11.3 Å². The summed E-state index contributed by atoms with van der Waals surface area (Å²) < 4.78 is 10.7. The van der Waals surface area contributed by atoms with Crippen molar-refractivity contribution in [1.29, 1.82) is 0 Å². The second-order valence-electron chi connectivity index (χ2n) is 3.39. The molecule has 1 aromatic heterocycles. The van der Waals surface area contributed by atoms with Crippen molar-refractivity contribution < 1.29 is 14.3 Å². The molecule has 0 spiro atoms. The van der Waals surface area contributed by atoms with Crippen molar-refractivity contribution in [3.63, 3.8) is 0 Å². The van der Waals surface area contributed by atoms with Gasteiger partial charge in [0.2, 0.25) is 0 Å². The molecule has 0 saturated heterocycles. The maximum absolute atomic E-state index is 10.5. The second kappa shape index (κ2) is 5.50. The van der Waals surface area contributed by atoms with Crippen LogP contribution in [0.1, 0.15) is 14.5 Å². The summed E-state index contributed by atoms with van der Waals surface area (Å²) in [4.78, 5) is 12.3. The zero-order valence-electron chi connectivity index (χ0n) is 9.38. The van der Waals surface area contributed by atoms with E-state index in [4.69, 9.17) is 9.47 Å². The summed E-state index contributed by atoms with van der Waals surface area (Å²) in [6.45, 7) is 0.464. The standard InChI is InChI=1S/C13H12O3S/c1-15-10-3-2-4-11(7-10)16-9-13-6-5-12(8-14)17-13/h2-8H,9H2,1H3. The maximum atomic E-state index is 10.5. The predicted octanol–water partition coefficient (Wildman–Crippen LogP) is 3.15. The molecule has 17 heavy (non-hydrogen) atoms. The van der Waals surface area contributed by atoms with Crippen LogP contribution in [-0.4, -0.2) is 13.4 Å². The monoisotopic (exact) mass is 248 g/mol. The van der Waals surface area contributed by atoms with Crippen LogP contribution in [0.5, 0.6) is 11.5 Å². The highest BCUT2D eigenvalue weighted by molar-refractivity contribution is 7.13. The Balaban J connectivity index is 1.99. The molecular weight excluding hydrogens is 236 g/mol. The minimum atomic E-state index is 0.464. The minimum absolute atomic E-state index is 0.464. The van der Waals surface area contributed by atoms with Crippen LogP contribution in [0, 0.1) is 0 Å². The number of hydrogen-bond donors (Lipinski definition) is 0. The summed E-state index contributed by atoms with van der Waals surface area (Å²) in [7, 11) is 1.62. The van der Waals surface area contributed by atoms with Crippen molar-refractivity contribution in [2.24, 2.45) is 0 Å². The van der Waals surface area contributed by atoms with Crippen LogP contribution in [0.25, 0.3) is 0 Å². The highest BCUT2D eigenvalue weighted by Gasteiger charge is 2.01. The fourth-order valence-electron chi connectivity index (χ4n) is 1.38. The molecule has 0 aliphatic carbocycles. The Morgan fingerprint density at radius 3 is 2.76 bits per heavy atom. The third-order valence-electron chi connectivity index (χ3n) is 2.22. The van der Waals surface area contributed by atoms with Gasteiger partial charge in [0.1, 0.15) is 18.1 Å². The third-order valence-corrected chi connectivity index (χ3v) is 3.21. The van der Waals surface area contributed by atoms with Crippen molar-refractivity contribution in [2.75, 3.05) is 7.11 Å². The first kappa shape index (κ1) is 11.7. The highest BCUT2D eigenvalue weighted by atomic mass is 32.1. The highest BCUT2D eigenvalue weighted by Crippen LogP contribution is 2.21. The first-order chi connectivity index (χ1) is 8.31. The van der Waals surface area contributed by atoms with E-state index in [0.717, 1.165) is 22.7 Å². The number of ether oxygens (including phenoxy) is 2. The number of carbonyl (C=O) groups is 1. The molecule has 0 fully saturated rings. The molecule has 4 heteroatoms. The maximum Gasteiger partial charge on any atom is 0.160 e. The van der Waals surface area contributed by atoms with Crippen LogP contribution in [0.2, 0.25) is 0 Å². The van der Waals surface area contributed by atoms with Crippen molar-refractivity contribution in [3.05, 3.63) is 46.2 Å². The summed E-state index contributed by atoms with van der Waals surface area (Å²) in [5, 5.41) is 0. The van der Waals surface area contributed by atoms with Crippen LogP contribution in [-0.2, 0) is 6.61 Å². The molecule has 0 aliphatic heterocycles. The summed E-state index contributed by atoms with van der Waals surface area (Å²) >= 11 is 1.44. The van der Waals surface area contributed by atoms with Gasteiger partial charge in [-0.25, -0.2) is 0 Å². The Bertz CT molecular complexity index is 505. The van der Waals surface area contributed by atoms with E-state index in [2.05, 4.69) is 0 Å². The lowest BCUT2D eigenvalue weighted by molar-refractivity contribution is 0.112. The number of hydrogen-bond acceptors (Lipinski definition) is 4. The Kier molecular flexibility index (Phi) is 3.77. The number of benzene rings is 1. The average molecular weight is 248 g/mol. The van der Waals surface area contributed by atoms with Crippen LogP contribution >= 0.6 is 11.3 Å². The largest absolute Gasteiger partial charge is 0.497 e. The summed E-state index contributed by atoms with van der Waals surface area (Å²) in [5.41, 5.74) is 0. The lowest BCUT2D eigenvalue weighted by Crippen LogP contribution is -1.93. The molecule has 88 valence electrons. The molecule has 0 atom stereocenters. The average Bonchev–Trinajstić information content (AvgIpc) is 2.84. The van der Waals surface area contributed by atoms with Gasteiger partial charge in [-0.15, -0.1) is 11.3 Å². The van der Waals surface area contributed by atoms with Crippen LogP contribution in [0.4, 0.5) is 0 Å². The van der Waals surface area contributed by atoms with Crippen LogP contribution in [0.15, 0.2) is 36.4 Å². The molecule has 3 nitrogen and oxygen atoms in total. The number of carbonyl (C=O) groups excluding carboxylic acids is 1. The van der Waals surface area contributed by atoms with Crippen LogP contribution < -0.4 is 9.47 Å². The molecule has 0 radical (unpaired) electrons. The quantitative estimate of drug-likeness (QED) is 0.762. The topological polar surface area (TPSA) is 35.5 Å². The summed E-state index contributed by atoms with van der Waals surface area (Å²) in [6.07, 6.45) is 0.847. The first-order valence-electron chi connectivity index (χ1n) is 5.12. The van der Waals surface area contributed by atoms with Gasteiger partial charge in [0, 0.05) is 10.9 Å². The zero-order valence-corrected chi connectivity index (χ0v) is 10.2. The van der Waals surface area contributed by atoms with E-state index >= 15 is 0 Å². The molecule has 0 N–H and O–H groups in total. The normalized spacial score (nSPS) is 9.94. The van der Waals surface area contributed by atoms with Gasteiger partial charge in [0.05, 0.1) is 12.0 Å². The Labute approximate surface area is 104 Å². The second-order valence-corrected chi connectivity index (χ2v) is 4.59. The van der Waals surface area contributed by atoms with Gasteiger partial charge in [-0.3, -0.25) is 4.79 Å². The summed E-state index contributed by atoms with van der Waals surface area (Å²) in [5.74, 6) is 1.52. The van der Waals surface area contributed by atoms with E-state index in [1.807, 2.05) is 30.3 Å². The van der Waals surface area contributed by atoms with E-state index in [-0.39, 0.29) is 0 Å². The molecule has 0 amide bonds. The van der Waals surface area contributed by atoms with Gasteiger partial charge >= 0.3 is 0 Å². The minimum Gasteiger partial charge on any atom is -0.497 e. The molecule has 0 bridgehead atoms. The lowest BCUT2D eigenvalue weighted by Gasteiger charge is -2.06. The van der Waals surface area contributed by atoms with Gasteiger partial charge in [-0.05, 0) is 24.3 Å². The van der Waals surface area contributed by atoms with Crippen molar-refractivity contribution >= 4 is 17.6 Å². The van der Waals surface area contributed by atoms with E-state index < -0.39 is 0 Å². The molecule has 0 unspecified atom stereocenters. The first-order valence-corrected chi connectivity index (χ1v) is 5.94. The third kappa shape index (κ3) is 3.07. The fraction of sp³-hybridized carbons (Fsp3) is 0.154. The van der Waals surface area contributed by atoms with Crippen molar-refractivity contribution in [1.82, 2.24) is 0 Å². The Morgan fingerprint density at radius 2 is 2.06 bits per heavy atom. The van der Waals surface area contributed by atoms with Gasteiger partial charge < -0.3 is 9.47 Å². The lowest BCUT2D eigenvalue weighted by atomic mass is 10.3. The van der Waals surface area contributed by atoms with Gasteiger partial charge in [0.15, 0.2) is 6.29 Å². The SMILES string of the molecule is COc1cccc(OCc2ccc(C=O)s2)c1. The summed E-state index contributed by atoms with van der Waals surface area (Å²) in [6, 6.07) is 11.1. The van der Waals surface area contributed by atoms with Gasteiger partial charge in [-0.1, -0.05) is 6.07 Å². The van der Waals surface area contributed by atoms with Crippen molar-refractivity contribution in [2.45, 2.75) is 6.61 Å². The number of aldehydes is 1. The van der Waals surface area contributed by atoms with E-state index in [9.17, 15) is 4.79 Å².